The molecule has 144 valence electrons. The van der Waals surface area contributed by atoms with Crippen molar-refractivity contribution >= 4 is 20.4 Å². The maximum Gasteiger partial charge on any atom is 0.410 e. The number of ether oxygens (including phenoxy) is 1. The van der Waals surface area contributed by atoms with Crippen molar-refractivity contribution in [1.82, 2.24) is 4.90 Å². The van der Waals surface area contributed by atoms with E-state index in [1.165, 1.54) is 0 Å². The molecule has 1 fully saturated rings. The van der Waals surface area contributed by atoms with Gasteiger partial charge in [0, 0.05) is 12.6 Å². The average Bonchev–Trinajstić information content (AvgIpc) is 2.75. The summed E-state index contributed by atoms with van der Waals surface area (Å²) in [6.07, 6.45) is 2.65. The fraction of sp³-hybridized carbons (Fsp3) is 0.778. The number of likely N-dealkylation sites (tertiary alicyclic amines) is 1. The quantitative estimate of drug-likeness (QED) is 0.596. The van der Waals surface area contributed by atoms with E-state index >= 15 is 0 Å². The summed E-state index contributed by atoms with van der Waals surface area (Å²) in [6, 6.07) is -0.333. The van der Waals surface area contributed by atoms with Gasteiger partial charge in [-0.1, -0.05) is 26.8 Å². The monoisotopic (exact) mass is 371 g/mol. The summed E-state index contributed by atoms with van der Waals surface area (Å²) in [5.74, 6) is -1.03. The zero-order valence-corrected chi connectivity index (χ0v) is 17.8. The summed E-state index contributed by atoms with van der Waals surface area (Å²) < 4.78 is 11.9. The first-order valence-corrected chi connectivity index (χ1v) is 11.6. The van der Waals surface area contributed by atoms with Crippen molar-refractivity contribution < 1.29 is 23.9 Å². The Morgan fingerprint density at radius 3 is 2.16 bits per heavy atom. The molecule has 2 atom stereocenters. The molecular formula is C18H33NO5Si. The third kappa shape index (κ3) is 6.47. The van der Waals surface area contributed by atoms with Crippen LogP contribution in [0.5, 0.6) is 0 Å². The van der Waals surface area contributed by atoms with Crippen LogP contribution >= 0.6 is 0 Å². The van der Waals surface area contributed by atoms with Crippen molar-refractivity contribution in [3.63, 3.8) is 0 Å². The predicted octanol–water partition coefficient (Wildman–Crippen LogP) is 4.03. The minimum Gasteiger partial charge on any atom is -0.478 e. The highest BCUT2D eigenvalue weighted by Gasteiger charge is 2.43. The predicted molar refractivity (Wildman–Crippen MR) is 100 cm³/mol. The Kier molecular flexibility index (Phi) is 6.50. The highest BCUT2D eigenvalue weighted by Crippen LogP contribution is 2.39. The van der Waals surface area contributed by atoms with E-state index in [-0.39, 0.29) is 17.2 Å². The number of carboxylic acid groups (broad SMARTS) is 1. The molecule has 1 aliphatic rings. The van der Waals surface area contributed by atoms with Gasteiger partial charge in [0.05, 0.1) is 12.1 Å². The number of carbonyl (C=O) groups is 2. The summed E-state index contributed by atoms with van der Waals surface area (Å²) in [7, 11) is -1.97. The number of rotatable bonds is 4. The van der Waals surface area contributed by atoms with E-state index in [1.54, 1.807) is 11.0 Å². The fourth-order valence-electron chi connectivity index (χ4n) is 2.41. The molecule has 0 aromatic rings. The molecule has 0 aliphatic carbocycles. The molecule has 0 unspecified atom stereocenters. The third-order valence-corrected chi connectivity index (χ3v) is 9.20. The lowest BCUT2D eigenvalue weighted by atomic mass is 10.2. The van der Waals surface area contributed by atoms with Gasteiger partial charge in [-0.3, -0.25) is 4.90 Å². The van der Waals surface area contributed by atoms with Gasteiger partial charge in [0.2, 0.25) is 0 Å². The fourth-order valence-corrected chi connectivity index (χ4v) is 3.77. The van der Waals surface area contributed by atoms with Crippen LogP contribution in [0.4, 0.5) is 4.79 Å². The van der Waals surface area contributed by atoms with Crippen molar-refractivity contribution in [3.8, 4) is 0 Å². The summed E-state index contributed by atoms with van der Waals surface area (Å²) in [5.41, 5.74) is -0.601. The van der Waals surface area contributed by atoms with E-state index in [4.69, 9.17) is 14.3 Å². The zero-order valence-electron chi connectivity index (χ0n) is 16.8. The Labute approximate surface area is 152 Å². The van der Waals surface area contributed by atoms with Gasteiger partial charge in [-0.15, -0.1) is 0 Å². The zero-order chi connectivity index (χ0) is 19.6. The van der Waals surface area contributed by atoms with Gasteiger partial charge in [-0.25, -0.2) is 9.59 Å². The number of amides is 1. The summed E-state index contributed by atoms with van der Waals surface area (Å²) >= 11 is 0. The van der Waals surface area contributed by atoms with E-state index in [0.717, 1.165) is 6.08 Å². The van der Waals surface area contributed by atoms with Crippen molar-refractivity contribution in [3.05, 3.63) is 12.2 Å². The number of hydrogen-bond acceptors (Lipinski definition) is 4. The number of nitrogens with zero attached hydrogens (tertiary/aromatic N) is 1. The smallest absolute Gasteiger partial charge is 0.410 e. The van der Waals surface area contributed by atoms with Crippen LogP contribution in [0.1, 0.15) is 48.0 Å². The largest absolute Gasteiger partial charge is 0.478 e. The number of carbonyl (C=O) groups excluding carboxylic acids is 1. The van der Waals surface area contributed by atoms with Crippen LogP contribution in [0.3, 0.4) is 0 Å². The molecule has 0 bridgehead atoms. The first kappa shape index (κ1) is 21.7. The van der Waals surface area contributed by atoms with Crippen LogP contribution in [-0.2, 0) is 14.0 Å². The molecule has 0 aromatic carbocycles. The van der Waals surface area contributed by atoms with Gasteiger partial charge in [-0.2, -0.15) is 0 Å². The van der Waals surface area contributed by atoms with Crippen LogP contribution in [-0.4, -0.2) is 54.7 Å². The van der Waals surface area contributed by atoms with Crippen LogP contribution < -0.4 is 0 Å². The lowest BCUT2D eigenvalue weighted by Gasteiger charge is -2.38. The number of carboxylic acids is 1. The van der Waals surface area contributed by atoms with Gasteiger partial charge in [0.25, 0.3) is 0 Å². The standard InChI is InChI=1S/C18H33NO5Si/c1-17(2,3)23-16(22)19-12-14(11-13(19)9-10-15(20)21)24-25(7,8)18(4,5)6/h9-10,13-14H,11-12H2,1-8H3,(H,20,21)/b10-9+/t13-,14-/m1/s1. The molecule has 1 heterocycles. The summed E-state index contributed by atoms with van der Waals surface area (Å²) in [4.78, 5) is 24.9. The molecule has 0 spiro atoms. The van der Waals surface area contributed by atoms with E-state index in [1.807, 2.05) is 20.8 Å². The lowest BCUT2D eigenvalue weighted by molar-refractivity contribution is -0.131. The van der Waals surface area contributed by atoms with Crippen LogP contribution in [0.25, 0.3) is 0 Å². The van der Waals surface area contributed by atoms with E-state index in [2.05, 4.69) is 33.9 Å². The Hall–Kier alpha value is -1.34. The van der Waals surface area contributed by atoms with Gasteiger partial charge in [-0.05, 0) is 45.3 Å². The van der Waals surface area contributed by atoms with Crippen molar-refractivity contribution in [2.45, 2.75) is 83.8 Å². The minimum absolute atomic E-state index is 0.0682. The number of aliphatic carboxylic acids is 1. The molecule has 25 heavy (non-hydrogen) atoms. The molecule has 6 nitrogen and oxygen atoms in total. The minimum atomic E-state index is -1.97. The highest BCUT2D eigenvalue weighted by molar-refractivity contribution is 6.74. The molecule has 0 saturated carbocycles. The first-order chi connectivity index (χ1) is 11.1. The second kappa shape index (κ2) is 7.49. The Bertz CT molecular complexity index is 531. The second-order valence-electron chi connectivity index (χ2n) is 9.13. The molecule has 1 saturated heterocycles. The number of hydrogen-bond donors (Lipinski definition) is 1. The average molecular weight is 372 g/mol. The van der Waals surface area contributed by atoms with Gasteiger partial charge < -0.3 is 14.3 Å². The first-order valence-electron chi connectivity index (χ1n) is 8.71. The highest BCUT2D eigenvalue weighted by atomic mass is 28.4. The molecule has 0 radical (unpaired) electrons. The normalized spacial score (nSPS) is 22.5. The molecule has 1 rings (SSSR count). The van der Waals surface area contributed by atoms with Crippen LogP contribution in [0.2, 0.25) is 18.1 Å². The Morgan fingerprint density at radius 2 is 1.72 bits per heavy atom. The lowest BCUT2D eigenvalue weighted by Crippen LogP contribution is -2.45. The van der Waals surface area contributed by atoms with Crippen molar-refractivity contribution in [2.75, 3.05) is 6.54 Å². The second-order valence-corrected chi connectivity index (χ2v) is 13.9. The molecule has 0 aromatic heterocycles. The maximum absolute atomic E-state index is 12.5. The summed E-state index contributed by atoms with van der Waals surface area (Å²) in [5, 5.41) is 8.97. The van der Waals surface area contributed by atoms with Crippen molar-refractivity contribution in [2.24, 2.45) is 0 Å². The molecule has 1 amide bonds. The van der Waals surface area contributed by atoms with Crippen molar-refractivity contribution in [1.29, 1.82) is 0 Å². The molecule has 7 heteroatoms. The summed E-state index contributed by atoms with van der Waals surface area (Å²) in [6.45, 7) is 16.7. The Balaban J connectivity index is 2.94. The Morgan fingerprint density at radius 1 is 1.16 bits per heavy atom. The van der Waals surface area contributed by atoms with Crippen LogP contribution in [0.15, 0.2) is 12.2 Å². The van der Waals surface area contributed by atoms with E-state index in [0.29, 0.717) is 13.0 Å². The van der Waals surface area contributed by atoms with Crippen LogP contribution in [0, 0.1) is 0 Å². The van der Waals surface area contributed by atoms with Gasteiger partial charge in [0.1, 0.15) is 5.60 Å². The molecular weight excluding hydrogens is 338 g/mol. The maximum atomic E-state index is 12.5. The van der Waals surface area contributed by atoms with Gasteiger partial charge in [0.15, 0.2) is 8.32 Å². The third-order valence-electron chi connectivity index (χ3n) is 4.66. The van der Waals surface area contributed by atoms with Gasteiger partial charge >= 0.3 is 12.1 Å². The molecule has 1 N–H and O–H groups in total. The molecule has 1 aliphatic heterocycles. The van der Waals surface area contributed by atoms with E-state index < -0.39 is 26.0 Å². The van der Waals surface area contributed by atoms with E-state index in [9.17, 15) is 9.59 Å². The SMILES string of the molecule is CC(C)(C)OC(=O)N1C[C@H](O[Si](C)(C)C(C)(C)C)C[C@H]1/C=C/C(=O)O. The topological polar surface area (TPSA) is 76.1 Å².